The number of halogens is 2. The van der Waals surface area contributed by atoms with E-state index in [4.69, 9.17) is 23.1 Å². The average Bonchev–Trinajstić information content (AvgIpc) is 2.83. The lowest BCUT2D eigenvalue weighted by Crippen LogP contribution is -2.53. The standard InChI is InChI=1S/C16H22ClN3O2.ClH/c1-16(15(19)22,11-5-3-6-12(17)9-11)20-14(21)8-10-4-2-7-13(10)18;/h3,5-6,9-10,13H,2,4,7-8,18H2,1H3,(H2,19,22)(H,20,21);1H/t10-,13+,16?;/m0./s1. The third kappa shape index (κ3) is 4.59. The monoisotopic (exact) mass is 359 g/mol. The molecule has 1 aliphatic rings. The summed E-state index contributed by atoms with van der Waals surface area (Å²) in [7, 11) is 0. The molecule has 5 nitrogen and oxygen atoms in total. The van der Waals surface area contributed by atoms with Crippen LogP contribution in [-0.2, 0) is 15.1 Å². The highest BCUT2D eigenvalue weighted by Crippen LogP contribution is 2.28. The normalized spacial score (nSPS) is 22.7. The van der Waals surface area contributed by atoms with Crippen molar-refractivity contribution in [1.29, 1.82) is 0 Å². The highest BCUT2D eigenvalue weighted by atomic mass is 35.5. The Morgan fingerprint density at radius 2 is 2.09 bits per heavy atom. The molecule has 3 atom stereocenters. The van der Waals surface area contributed by atoms with Crippen molar-refractivity contribution in [1.82, 2.24) is 5.32 Å². The molecule has 1 aromatic rings. The van der Waals surface area contributed by atoms with Crippen molar-refractivity contribution < 1.29 is 9.59 Å². The van der Waals surface area contributed by atoms with Gasteiger partial charge in [-0.1, -0.05) is 30.2 Å². The van der Waals surface area contributed by atoms with Crippen LogP contribution in [0.5, 0.6) is 0 Å². The van der Waals surface area contributed by atoms with Crippen LogP contribution in [0.4, 0.5) is 0 Å². The smallest absolute Gasteiger partial charge is 0.247 e. The lowest BCUT2D eigenvalue weighted by Gasteiger charge is -2.29. The molecule has 128 valence electrons. The number of carbonyl (C=O) groups is 2. The van der Waals surface area contributed by atoms with Crippen LogP contribution in [0.1, 0.15) is 38.2 Å². The number of nitrogens with one attached hydrogen (secondary N) is 1. The van der Waals surface area contributed by atoms with Gasteiger partial charge in [0.05, 0.1) is 0 Å². The summed E-state index contributed by atoms with van der Waals surface area (Å²) in [6, 6.07) is 6.83. The van der Waals surface area contributed by atoms with E-state index in [9.17, 15) is 9.59 Å². The van der Waals surface area contributed by atoms with E-state index in [-0.39, 0.29) is 30.3 Å². The number of benzene rings is 1. The second kappa shape index (κ2) is 7.99. The summed E-state index contributed by atoms with van der Waals surface area (Å²) in [5.74, 6) is -0.682. The zero-order valence-electron chi connectivity index (χ0n) is 13.0. The van der Waals surface area contributed by atoms with E-state index in [0.717, 1.165) is 19.3 Å². The third-order valence-corrected chi connectivity index (χ3v) is 4.68. The molecule has 2 rings (SSSR count). The van der Waals surface area contributed by atoms with Crippen molar-refractivity contribution in [3.05, 3.63) is 34.9 Å². The molecule has 0 spiro atoms. The van der Waals surface area contributed by atoms with Gasteiger partial charge in [0.1, 0.15) is 5.54 Å². The minimum absolute atomic E-state index is 0. The van der Waals surface area contributed by atoms with Crippen LogP contribution in [0.2, 0.25) is 5.02 Å². The van der Waals surface area contributed by atoms with Gasteiger partial charge in [-0.05, 0) is 43.4 Å². The molecule has 7 heteroatoms. The summed E-state index contributed by atoms with van der Waals surface area (Å²) in [5.41, 5.74) is 10.8. The first kappa shape index (κ1) is 19.7. The molecule has 0 saturated heterocycles. The summed E-state index contributed by atoms with van der Waals surface area (Å²) in [6.07, 6.45) is 3.24. The summed E-state index contributed by atoms with van der Waals surface area (Å²) < 4.78 is 0. The van der Waals surface area contributed by atoms with E-state index in [1.165, 1.54) is 0 Å². The van der Waals surface area contributed by atoms with Crippen LogP contribution < -0.4 is 16.8 Å². The molecule has 1 aromatic carbocycles. The number of rotatable bonds is 5. The van der Waals surface area contributed by atoms with Crippen LogP contribution >= 0.6 is 24.0 Å². The van der Waals surface area contributed by atoms with E-state index in [0.29, 0.717) is 17.0 Å². The Balaban J connectivity index is 0.00000264. The highest BCUT2D eigenvalue weighted by Gasteiger charge is 2.36. The van der Waals surface area contributed by atoms with Gasteiger partial charge in [0, 0.05) is 17.5 Å². The van der Waals surface area contributed by atoms with Gasteiger partial charge in [0.15, 0.2) is 0 Å². The van der Waals surface area contributed by atoms with Crippen LogP contribution in [-0.4, -0.2) is 17.9 Å². The van der Waals surface area contributed by atoms with Crippen molar-refractivity contribution in [3.63, 3.8) is 0 Å². The minimum Gasteiger partial charge on any atom is -0.367 e. The van der Waals surface area contributed by atoms with Crippen LogP contribution in [0.25, 0.3) is 0 Å². The summed E-state index contributed by atoms with van der Waals surface area (Å²) in [6.45, 7) is 1.59. The highest BCUT2D eigenvalue weighted by molar-refractivity contribution is 6.30. The zero-order chi connectivity index (χ0) is 16.3. The zero-order valence-corrected chi connectivity index (χ0v) is 14.6. The Hall–Kier alpha value is -1.30. The Kier molecular flexibility index (Phi) is 6.86. The fraction of sp³-hybridized carbons (Fsp3) is 0.500. The summed E-state index contributed by atoms with van der Waals surface area (Å²) in [4.78, 5) is 24.2. The maximum atomic E-state index is 12.3. The molecule has 5 N–H and O–H groups in total. The van der Waals surface area contributed by atoms with E-state index >= 15 is 0 Å². The van der Waals surface area contributed by atoms with E-state index in [2.05, 4.69) is 5.32 Å². The van der Waals surface area contributed by atoms with Gasteiger partial charge in [0.25, 0.3) is 0 Å². The lowest BCUT2D eigenvalue weighted by atomic mass is 9.90. The molecule has 1 fully saturated rings. The quantitative estimate of drug-likeness (QED) is 0.750. The molecule has 0 radical (unpaired) electrons. The molecule has 0 bridgehead atoms. The second-order valence-corrected chi connectivity index (χ2v) is 6.54. The molecule has 0 aromatic heterocycles. The van der Waals surface area contributed by atoms with Crippen molar-refractivity contribution >= 4 is 35.8 Å². The second-order valence-electron chi connectivity index (χ2n) is 6.11. The number of hydrogen-bond donors (Lipinski definition) is 3. The lowest BCUT2D eigenvalue weighted by molar-refractivity contribution is -0.131. The SMILES string of the molecule is CC(NC(=O)C[C@@H]1CCC[C@H]1N)(C(N)=O)c1cccc(Cl)c1.Cl. The number of nitrogens with two attached hydrogens (primary N) is 2. The first-order chi connectivity index (χ1) is 10.3. The van der Waals surface area contributed by atoms with Gasteiger partial charge in [-0.3, -0.25) is 9.59 Å². The Morgan fingerprint density at radius 3 is 2.61 bits per heavy atom. The van der Waals surface area contributed by atoms with E-state index in [1.54, 1.807) is 31.2 Å². The first-order valence-corrected chi connectivity index (χ1v) is 7.83. The van der Waals surface area contributed by atoms with Gasteiger partial charge >= 0.3 is 0 Å². The van der Waals surface area contributed by atoms with Crippen molar-refractivity contribution in [2.45, 2.75) is 44.2 Å². The molecule has 2 amide bonds. The Labute approximate surface area is 147 Å². The molecule has 0 aliphatic heterocycles. The average molecular weight is 360 g/mol. The van der Waals surface area contributed by atoms with Gasteiger partial charge < -0.3 is 16.8 Å². The predicted octanol–water partition coefficient (Wildman–Crippen LogP) is 2.10. The van der Waals surface area contributed by atoms with Gasteiger partial charge in [-0.25, -0.2) is 0 Å². The molecule has 23 heavy (non-hydrogen) atoms. The molecule has 0 heterocycles. The molecular formula is C16H23Cl2N3O2. The maximum absolute atomic E-state index is 12.3. The van der Waals surface area contributed by atoms with Gasteiger partial charge in [0.2, 0.25) is 11.8 Å². The predicted molar refractivity (Wildman–Crippen MR) is 93.3 cm³/mol. The molecule has 1 saturated carbocycles. The first-order valence-electron chi connectivity index (χ1n) is 7.45. The van der Waals surface area contributed by atoms with E-state index < -0.39 is 11.4 Å². The van der Waals surface area contributed by atoms with Crippen molar-refractivity contribution in [3.8, 4) is 0 Å². The van der Waals surface area contributed by atoms with Crippen molar-refractivity contribution in [2.75, 3.05) is 0 Å². The number of carbonyl (C=O) groups excluding carboxylic acids is 2. The van der Waals surface area contributed by atoms with Crippen molar-refractivity contribution in [2.24, 2.45) is 17.4 Å². The molecule has 1 aliphatic carbocycles. The fourth-order valence-electron chi connectivity index (χ4n) is 2.96. The number of primary amides is 1. The Morgan fingerprint density at radius 1 is 1.39 bits per heavy atom. The fourth-order valence-corrected chi connectivity index (χ4v) is 3.15. The van der Waals surface area contributed by atoms with Gasteiger partial charge in [-0.2, -0.15) is 0 Å². The Bertz CT molecular complexity index is 582. The van der Waals surface area contributed by atoms with Crippen LogP contribution in [0, 0.1) is 5.92 Å². The van der Waals surface area contributed by atoms with Crippen LogP contribution in [0.15, 0.2) is 24.3 Å². The van der Waals surface area contributed by atoms with Crippen LogP contribution in [0.3, 0.4) is 0 Å². The molecule has 1 unspecified atom stereocenters. The number of hydrogen-bond acceptors (Lipinski definition) is 3. The summed E-state index contributed by atoms with van der Waals surface area (Å²) >= 11 is 5.97. The maximum Gasteiger partial charge on any atom is 0.247 e. The minimum atomic E-state index is -1.29. The van der Waals surface area contributed by atoms with E-state index in [1.807, 2.05) is 0 Å². The largest absolute Gasteiger partial charge is 0.367 e. The number of amides is 2. The van der Waals surface area contributed by atoms with Gasteiger partial charge in [-0.15, -0.1) is 12.4 Å². The third-order valence-electron chi connectivity index (χ3n) is 4.45. The summed E-state index contributed by atoms with van der Waals surface area (Å²) in [5, 5.41) is 3.24. The topological polar surface area (TPSA) is 98.2 Å². The molecular weight excluding hydrogens is 337 g/mol.